The largest absolute Gasteiger partial charge is 0.489 e. The van der Waals surface area contributed by atoms with Crippen molar-refractivity contribution in [3.63, 3.8) is 0 Å². The van der Waals surface area contributed by atoms with Gasteiger partial charge in [0.1, 0.15) is 12.4 Å². The van der Waals surface area contributed by atoms with Gasteiger partial charge in [-0.15, -0.1) is 0 Å². The van der Waals surface area contributed by atoms with E-state index in [1.54, 1.807) is 18.3 Å². The highest BCUT2D eigenvalue weighted by molar-refractivity contribution is 5.99. The van der Waals surface area contributed by atoms with Crippen LogP contribution < -0.4 is 15.4 Å². The van der Waals surface area contributed by atoms with E-state index in [9.17, 15) is 4.79 Å². The molecule has 1 heterocycles. The Morgan fingerprint density at radius 2 is 1.87 bits per heavy atom. The number of nitrogens with one attached hydrogen (secondary N) is 3. The first kappa shape index (κ1) is 14.6. The SMILES string of the molecule is O=C(Nc1cn[nH]c1)Nc1cccc(OCc2ccccc2)c1. The summed E-state index contributed by atoms with van der Waals surface area (Å²) >= 11 is 0. The van der Waals surface area contributed by atoms with Crippen LogP contribution in [0.1, 0.15) is 5.56 Å². The highest BCUT2D eigenvalue weighted by atomic mass is 16.5. The lowest BCUT2D eigenvalue weighted by molar-refractivity contribution is 0.262. The van der Waals surface area contributed by atoms with Gasteiger partial charge in [-0.25, -0.2) is 4.79 Å². The van der Waals surface area contributed by atoms with Gasteiger partial charge in [0.05, 0.1) is 11.9 Å². The van der Waals surface area contributed by atoms with Crippen molar-refractivity contribution < 1.29 is 9.53 Å². The molecule has 0 aliphatic heterocycles. The summed E-state index contributed by atoms with van der Waals surface area (Å²) in [4.78, 5) is 11.9. The standard InChI is InChI=1S/C17H16N4O2/c22-17(21-15-10-18-19-11-15)20-14-7-4-8-16(9-14)23-12-13-5-2-1-3-6-13/h1-11H,12H2,(H,18,19)(H2,20,21,22). The molecule has 0 spiro atoms. The zero-order chi connectivity index (χ0) is 15.9. The van der Waals surface area contributed by atoms with Gasteiger partial charge in [-0.3, -0.25) is 5.10 Å². The fraction of sp³-hybridized carbons (Fsp3) is 0.0588. The molecule has 6 nitrogen and oxygen atoms in total. The second kappa shape index (κ2) is 7.13. The van der Waals surface area contributed by atoms with Gasteiger partial charge in [-0.2, -0.15) is 5.10 Å². The highest BCUT2D eigenvalue weighted by Crippen LogP contribution is 2.19. The molecule has 0 bridgehead atoms. The predicted octanol–water partition coefficient (Wildman–Crippen LogP) is 3.63. The van der Waals surface area contributed by atoms with E-state index in [0.29, 0.717) is 23.7 Å². The lowest BCUT2D eigenvalue weighted by Crippen LogP contribution is -2.19. The van der Waals surface area contributed by atoms with Crippen LogP contribution in [0.15, 0.2) is 67.0 Å². The number of anilines is 2. The molecular formula is C17H16N4O2. The molecule has 0 saturated carbocycles. The fourth-order valence-corrected chi connectivity index (χ4v) is 2.02. The number of H-pyrrole nitrogens is 1. The van der Waals surface area contributed by atoms with Crippen molar-refractivity contribution in [1.29, 1.82) is 0 Å². The molecule has 0 atom stereocenters. The monoisotopic (exact) mass is 308 g/mol. The third kappa shape index (κ3) is 4.34. The summed E-state index contributed by atoms with van der Waals surface area (Å²) in [5, 5.41) is 11.8. The number of benzene rings is 2. The maximum atomic E-state index is 11.9. The van der Waals surface area contributed by atoms with Gasteiger partial charge in [-0.05, 0) is 17.7 Å². The van der Waals surface area contributed by atoms with E-state index in [4.69, 9.17) is 4.74 Å². The second-order valence-electron chi connectivity index (χ2n) is 4.87. The van der Waals surface area contributed by atoms with Crippen LogP contribution >= 0.6 is 0 Å². The van der Waals surface area contributed by atoms with Crippen LogP contribution in [0.4, 0.5) is 16.2 Å². The van der Waals surface area contributed by atoms with Crippen LogP contribution in [0.25, 0.3) is 0 Å². The molecule has 0 radical (unpaired) electrons. The van der Waals surface area contributed by atoms with Gasteiger partial charge in [0.25, 0.3) is 0 Å². The van der Waals surface area contributed by atoms with Crippen molar-refractivity contribution >= 4 is 17.4 Å². The van der Waals surface area contributed by atoms with Gasteiger partial charge in [0, 0.05) is 18.0 Å². The number of aromatic nitrogens is 2. The number of carbonyl (C=O) groups is 1. The molecule has 1 aromatic heterocycles. The smallest absolute Gasteiger partial charge is 0.323 e. The van der Waals surface area contributed by atoms with E-state index < -0.39 is 0 Å². The molecule has 116 valence electrons. The number of urea groups is 1. The van der Waals surface area contributed by atoms with Gasteiger partial charge < -0.3 is 15.4 Å². The minimum atomic E-state index is -0.341. The first-order valence-corrected chi connectivity index (χ1v) is 7.13. The lowest BCUT2D eigenvalue weighted by atomic mass is 10.2. The Morgan fingerprint density at radius 3 is 2.65 bits per heavy atom. The van der Waals surface area contributed by atoms with Crippen molar-refractivity contribution in [2.45, 2.75) is 6.61 Å². The maximum Gasteiger partial charge on any atom is 0.323 e. The summed E-state index contributed by atoms with van der Waals surface area (Å²) < 4.78 is 5.73. The molecule has 23 heavy (non-hydrogen) atoms. The van der Waals surface area contributed by atoms with Crippen LogP contribution in [-0.2, 0) is 6.61 Å². The normalized spacial score (nSPS) is 10.1. The third-order valence-corrected chi connectivity index (χ3v) is 3.10. The Balaban J connectivity index is 1.57. The summed E-state index contributed by atoms with van der Waals surface area (Å²) in [7, 11) is 0. The van der Waals surface area contributed by atoms with Crippen molar-refractivity contribution in [2.75, 3.05) is 10.6 Å². The first-order valence-electron chi connectivity index (χ1n) is 7.13. The number of rotatable bonds is 5. The summed E-state index contributed by atoms with van der Waals surface area (Å²) in [6, 6.07) is 16.8. The van der Waals surface area contributed by atoms with Crippen LogP contribution in [0.2, 0.25) is 0 Å². The van der Waals surface area contributed by atoms with Gasteiger partial charge in [0.15, 0.2) is 0 Å². The molecule has 3 aromatic rings. The van der Waals surface area contributed by atoms with Crippen molar-refractivity contribution in [1.82, 2.24) is 10.2 Å². The molecule has 2 aromatic carbocycles. The molecule has 0 aliphatic carbocycles. The quantitative estimate of drug-likeness (QED) is 0.673. The molecule has 0 saturated heterocycles. The minimum Gasteiger partial charge on any atom is -0.489 e. The fourth-order valence-electron chi connectivity index (χ4n) is 2.02. The molecule has 3 rings (SSSR count). The van der Waals surface area contributed by atoms with Gasteiger partial charge >= 0.3 is 6.03 Å². The summed E-state index contributed by atoms with van der Waals surface area (Å²) in [6.07, 6.45) is 3.12. The average molecular weight is 308 g/mol. The van der Waals surface area contributed by atoms with Crippen molar-refractivity contribution in [3.8, 4) is 5.75 Å². The third-order valence-electron chi connectivity index (χ3n) is 3.10. The average Bonchev–Trinajstić information content (AvgIpc) is 3.07. The van der Waals surface area contributed by atoms with E-state index in [0.717, 1.165) is 5.56 Å². The number of amides is 2. The van der Waals surface area contributed by atoms with Crippen molar-refractivity contribution in [3.05, 3.63) is 72.6 Å². The maximum absolute atomic E-state index is 11.9. The van der Waals surface area contributed by atoms with E-state index in [1.165, 1.54) is 6.20 Å². The summed E-state index contributed by atoms with van der Waals surface area (Å²) in [6.45, 7) is 0.478. The van der Waals surface area contributed by atoms with E-state index in [-0.39, 0.29) is 6.03 Å². The Morgan fingerprint density at radius 1 is 1.04 bits per heavy atom. The molecular weight excluding hydrogens is 292 g/mol. The number of hydrogen-bond acceptors (Lipinski definition) is 3. The van der Waals surface area contributed by atoms with E-state index >= 15 is 0 Å². The van der Waals surface area contributed by atoms with Crippen LogP contribution in [0.5, 0.6) is 5.75 Å². The number of carbonyl (C=O) groups excluding carboxylic acids is 1. The summed E-state index contributed by atoms with van der Waals surface area (Å²) in [5.74, 6) is 0.690. The summed E-state index contributed by atoms with van der Waals surface area (Å²) in [5.41, 5.74) is 2.33. The minimum absolute atomic E-state index is 0.341. The zero-order valence-electron chi connectivity index (χ0n) is 12.3. The van der Waals surface area contributed by atoms with Crippen LogP contribution in [0, 0.1) is 0 Å². The molecule has 2 amide bonds. The molecule has 3 N–H and O–H groups in total. The molecule has 0 fully saturated rings. The molecule has 0 unspecified atom stereocenters. The highest BCUT2D eigenvalue weighted by Gasteiger charge is 2.04. The Kier molecular flexibility index (Phi) is 4.54. The lowest BCUT2D eigenvalue weighted by Gasteiger charge is -2.09. The Labute approximate surface area is 133 Å². The Hall–Kier alpha value is -3.28. The van der Waals surface area contributed by atoms with Gasteiger partial charge in [0.2, 0.25) is 0 Å². The Bertz CT molecular complexity index is 757. The van der Waals surface area contributed by atoms with Crippen LogP contribution in [-0.4, -0.2) is 16.2 Å². The number of nitrogens with zero attached hydrogens (tertiary/aromatic N) is 1. The first-order chi connectivity index (χ1) is 11.3. The van der Waals surface area contributed by atoms with E-state index in [1.807, 2.05) is 42.5 Å². The zero-order valence-corrected chi connectivity index (χ0v) is 12.3. The van der Waals surface area contributed by atoms with Crippen molar-refractivity contribution in [2.24, 2.45) is 0 Å². The number of aromatic amines is 1. The van der Waals surface area contributed by atoms with Gasteiger partial charge in [-0.1, -0.05) is 36.4 Å². The molecule has 0 aliphatic rings. The molecule has 6 heteroatoms. The van der Waals surface area contributed by atoms with E-state index in [2.05, 4.69) is 20.8 Å². The number of hydrogen-bond donors (Lipinski definition) is 3. The van der Waals surface area contributed by atoms with Crippen LogP contribution in [0.3, 0.4) is 0 Å². The predicted molar refractivity (Wildman–Crippen MR) is 88.4 cm³/mol. The number of ether oxygens (including phenoxy) is 1. The topological polar surface area (TPSA) is 79.0 Å². The second-order valence-corrected chi connectivity index (χ2v) is 4.87.